The Morgan fingerprint density at radius 1 is 1.05 bits per heavy atom. The monoisotopic (exact) mass is 611 g/mol. The Morgan fingerprint density at radius 3 is 2.56 bits per heavy atom. The number of aryl methyl sites for hydroxylation is 1. The number of piperidine rings is 1. The van der Waals surface area contributed by atoms with Crippen LogP contribution in [-0.4, -0.2) is 72.6 Å². The number of rotatable bonds is 3. The smallest absolute Gasteiger partial charge is 0.247 e. The topological polar surface area (TPSA) is 99.2 Å². The minimum atomic E-state index is -4.28. The number of aliphatic hydroxyl groups excluding tert-OH is 1. The van der Waals surface area contributed by atoms with Gasteiger partial charge in [-0.1, -0.05) is 30.3 Å². The first kappa shape index (κ1) is 29.7. The number of ether oxygens (including phenoxy) is 1. The Bertz CT molecular complexity index is 1640. The predicted octanol–water partition coefficient (Wildman–Crippen LogP) is 4.00. The molecule has 11 heteroatoms. The summed E-state index contributed by atoms with van der Waals surface area (Å²) in [6, 6.07) is 14.6. The number of carbonyl (C=O) groups is 1. The first-order valence-corrected chi connectivity index (χ1v) is 16.0. The van der Waals surface area contributed by atoms with Crippen molar-refractivity contribution in [1.82, 2.24) is 14.5 Å². The molecule has 3 heterocycles. The van der Waals surface area contributed by atoms with Gasteiger partial charge in [-0.25, -0.2) is 17.2 Å². The number of aliphatic hydroxyl groups is 1. The highest BCUT2D eigenvalue weighted by molar-refractivity contribution is 7.89. The summed E-state index contributed by atoms with van der Waals surface area (Å²) in [7, 11) is -4.28. The fourth-order valence-electron chi connectivity index (χ4n) is 6.45. The van der Waals surface area contributed by atoms with Crippen LogP contribution in [0.15, 0.2) is 65.6 Å². The Kier molecular flexibility index (Phi) is 8.01. The number of sulfonamides is 1. The number of carbonyl (C=O) groups excluding carboxylic acids is 1. The standard InChI is InChI=1S/C32H35F2N3O5S/c1-21-4-2-3-5-23(21)19-36-13-10-32(11-14-36)12-15-42-29-16-22(26-8-7-24(33)17-27(26)34)6-9-30(29)43(40,41)37-20-25(38)18-28(37)31(39)35-32/h2-9,16-17,25,28,38H,10-15,18-20H2,1H3,(H,35,39)/t25-,28+/m1/s1. The molecule has 0 unspecified atom stereocenters. The van der Waals surface area contributed by atoms with E-state index in [1.54, 1.807) is 0 Å². The van der Waals surface area contributed by atoms with Crippen molar-refractivity contribution in [3.8, 4) is 16.9 Å². The average molecular weight is 612 g/mol. The lowest BCUT2D eigenvalue weighted by atomic mass is 9.84. The van der Waals surface area contributed by atoms with E-state index in [0.717, 1.165) is 36.1 Å². The third-order valence-electron chi connectivity index (χ3n) is 9.00. The number of halogens is 2. The van der Waals surface area contributed by atoms with Crippen molar-refractivity contribution in [2.75, 3.05) is 26.2 Å². The van der Waals surface area contributed by atoms with Gasteiger partial charge in [0.1, 0.15) is 28.3 Å². The summed E-state index contributed by atoms with van der Waals surface area (Å²) in [4.78, 5) is 15.9. The number of benzene rings is 3. The van der Waals surface area contributed by atoms with Gasteiger partial charge in [-0.2, -0.15) is 4.31 Å². The third kappa shape index (κ3) is 5.91. The minimum Gasteiger partial charge on any atom is -0.492 e. The lowest BCUT2D eigenvalue weighted by Crippen LogP contribution is -2.59. The molecule has 3 aromatic carbocycles. The van der Waals surface area contributed by atoms with Gasteiger partial charge in [-0.3, -0.25) is 9.69 Å². The van der Waals surface area contributed by atoms with E-state index >= 15 is 0 Å². The molecule has 2 N–H and O–H groups in total. The summed E-state index contributed by atoms with van der Waals surface area (Å²) < 4.78 is 63.2. The molecule has 8 nitrogen and oxygen atoms in total. The second-order valence-corrected chi connectivity index (χ2v) is 13.7. The highest BCUT2D eigenvalue weighted by atomic mass is 32.2. The van der Waals surface area contributed by atoms with Crippen LogP contribution in [0.2, 0.25) is 0 Å². The van der Waals surface area contributed by atoms with Crippen LogP contribution in [0.25, 0.3) is 11.1 Å². The second-order valence-electron chi connectivity index (χ2n) is 11.8. The van der Waals surface area contributed by atoms with E-state index in [1.807, 2.05) is 12.1 Å². The Labute approximate surface area is 250 Å². The van der Waals surface area contributed by atoms with Gasteiger partial charge in [0.25, 0.3) is 0 Å². The molecule has 0 aromatic heterocycles. The Morgan fingerprint density at radius 2 is 1.81 bits per heavy atom. The highest BCUT2D eigenvalue weighted by Crippen LogP contribution is 2.38. The number of likely N-dealkylation sites (tertiary alicyclic amines) is 1. The van der Waals surface area contributed by atoms with E-state index in [9.17, 15) is 27.1 Å². The molecule has 0 radical (unpaired) electrons. The van der Waals surface area contributed by atoms with Crippen LogP contribution >= 0.6 is 0 Å². The summed E-state index contributed by atoms with van der Waals surface area (Å²) in [5, 5.41) is 13.7. The number of hydrogen-bond acceptors (Lipinski definition) is 6. The number of nitrogens with one attached hydrogen (secondary N) is 1. The Balaban J connectivity index is 1.32. The van der Waals surface area contributed by atoms with Gasteiger partial charge < -0.3 is 15.2 Å². The van der Waals surface area contributed by atoms with Crippen LogP contribution in [0.3, 0.4) is 0 Å². The third-order valence-corrected chi connectivity index (χ3v) is 10.9. The SMILES string of the molecule is Cc1ccccc1CN1CCC2(CCOc3cc(-c4ccc(F)cc4F)ccc3S(=O)(=O)N3C[C@H](O)C[C@H]3C(=O)N2)CC1. The first-order chi connectivity index (χ1) is 20.5. The number of fused-ring (bicyclic) bond motifs is 2. The lowest BCUT2D eigenvalue weighted by Gasteiger charge is -2.43. The van der Waals surface area contributed by atoms with Crippen LogP contribution in [0.5, 0.6) is 5.75 Å². The molecular weight excluding hydrogens is 576 g/mol. The molecule has 2 fully saturated rings. The molecule has 0 aliphatic carbocycles. The van der Waals surface area contributed by atoms with Gasteiger partial charge in [-0.15, -0.1) is 0 Å². The van der Waals surface area contributed by atoms with Crippen molar-refractivity contribution < 1.29 is 31.8 Å². The molecule has 228 valence electrons. The summed E-state index contributed by atoms with van der Waals surface area (Å²) in [5.74, 6) is -1.92. The fourth-order valence-corrected chi connectivity index (χ4v) is 8.20. The molecular formula is C32H35F2N3O5S. The van der Waals surface area contributed by atoms with Gasteiger partial charge in [0, 0.05) is 56.2 Å². The van der Waals surface area contributed by atoms with E-state index in [4.69, 9.17) is 4.74 Å². The number of hydrogen-bond donors (Lipinski definition) is 2. The summed E-state index contributed by atoms with van der Waals surface area (Å²) >= 11 is 0. The molecule has 2 atom stereocenters. The maximum atomic E-state index is 14.6. The molecule has 6 rings (SSSR count). The van der Waals surface area contributed by atoms with Crippen molar-refractivity contribution >= 4 is 15.9 Å². The van der Waals surface area contributed by atoms with E-state index in [1.165, 1.54) is 35.4 Å². The molecule has 1 amide bonds. The van der Waals surface area contributed by atoms with Crippen molar-refractivity contribution in [3.05, 3.63) is 83.4 Å². The van der Waals surface area contributed by atoms with Crippen molar-refractivity contribution in [2.24, 2.45) is 0 Å². The van der Waals surface area contributed by atoms with Crippen molar-refractivity contribution in [3.63, 3.8) is 0 Å². The zero-order valence-corrected chi connectivity index (χ0v) is 24.7. The van der Waals surface area contributed by atoms with Crippen molar-refractivity contribution in [2.45, 2.75) is 61.7 Å². The van der Waals surface area contributed by atoms with E-state index in [-0.39, 0.29) is 35.8 Å². The molecule has 3 aliphatic heterocycles. The van der Waals surface area contributed by atoms with Crippen LogP contribution in [0.1, 0.15) is 36.8 Å². The molecule has 3 aliphatic rings. The maximum absolute atomic E-state index is 14.6. The quantitative estimate of drug-likeness (QED) is 0.465. The van der Waals surface area contributed by atoms with Gasteiger partial charge in [0.05, 0.1) is 12.7 Å². The predicted molar refractivity (Wildman–Crippen MR) is 157 cm³/mol. The van der Waals surface area contributed by atoms with Gasteiger partial charge >= 0.3 is 0 Å². The van der Waals surface area contributed by atoms with Crippen LogP contribution in [0, 0.1) is 18.6 Å². The van der Waals surface area contributed by atoms with Crippen molar-refractivity contribution in [1.29, 1.82) is 0 Å². The molecule has 2 saturated heterocycles. The molecule has 1 spiro atoms. The first-order valence-electron chi connectivity index (χ1n) is 14.6. The minimum absolute atomic E-state index is 0.0165. The lowest BCUT2D eigenvalue weighted by molar-refractivity contribution is -0.127. The van der Waals surface area contributed by atoms with Crippen LogP contribution in [-0.2, 0) is 21.4 Å². The maximum Gasteiger partial charge on any atom is 0.247 e. The number of amides is 1. The molecule has 43 heavy (non-hydrogen) atoms. The Hall–Kier alpha value is -3.38. The summed E-state index contributed by atoms with van der Waals surface area (Å²) in [6.07, 6.45) is 0.696. The molecule has 0 saturated carbocycles. The van der Waals surface area contributed by atoms with E-state index in [0.29, 0.717) is 24.8 Å². The highest BCUT2D eigenvalue weighted by Gasteiger charge is 2.47. The largest absolute Gasteiger partial charge is 0.492 e. The zero-order valence-electron chi connectivity index (χ0n) is 23.9. The van der Waals surface area contributed by atoms with Gasteiger partial charge in [0.2, 0.25) is 15.9 Å². The van der Waals surface area contributed by atoms with E-state index < -0.39 is 45.2 Å². The normalized spacial score (nSPS) is 24.0. The fraction of sp³-hybridized carbons (Fsp3) is 0.406. The van der Waals surface area contributed by atoms with E-state index in [2.05, 4.69) is 29.3 Å². The van der Waals surface area contributed by atoms with Gasteiger partial charge in [-0.05, 0) is 60.7 Å². The molecule has 3 aromatic rings. The zero-order chi connectivity index (χ0) is 30.4. The average Bonchev–Trinajstić information content (AvgIpc) is 3.38. The second kappa shape index (κ2) is 11.6. The summed E-state index contributed by atoms with van der Waals surface area (Å²) in [6.45, 7) is 4.23. The molecule has 0 bridgehead atoms. The number of nitrogens with zero attached hydrogens (tertiary/aromatic N) is 2. The van der Waals surface area contributed by atoms with Crippen LogP contribution < -0.4 is 10.1 Å². The van der Waals surface area contributed by atoms with Crippen LogP contribution in [0.4, 0.5) is 8.78 Å². The van der Waals surface area contributed by atoms with Gasteiger partial charge in [0.15, 0.2) is 0 Å². The summed E-state index contributed by atoms with van der Waals surface area (Å²) in [5.41, 5.74) is 2.27.